The van der Waals surface area contributed by atoms with E-state index in [2.05, 4.69) is 17.9 Å². The number of carbonyl (C=O) groups is 1. The zero-order valence-corrected chi connectivity index (χ0v) is 10.7. The van der Waals surface area contributed by atoms with Crippen LogP contribution in [0.15, 0.2) is 12.1 Å². The molecule has 6 nitrogen and oxygen atoms in total. The van der Waals surface area contributed by atoms with E-state index in [0.29, 0.717) is 12.5 Å². The molecule has 8 heteroatoms. The Bertz CT molecular complexity index is 359. The van der Waals surface area contributed by atoms with Crippen LogP contribution in [-0.4, -0.2) is 29.9 Å². The van der Waals surface area contributed by atoms with Crippen molar-refractivity contribution in [3.8, 4) is 5.06 Å². The maximum atomic E-state index is 10.4. The molecule has 17 heavy (non-hydrogen) atoms. The number of primary amides is 1. The Balaban J connectivity index is 2.23. The first-order valence-electron chi connectivity index (χ1n) is 4.76. The highest BCUT2D eigenvalue weighted by Crippen LogP contribution is 2.25. The van der Waals surface area contributed by atoms with Gasteiger partial charge in [0, 0.05) is 4.88 Å². The van der Waals surface area contributed by atoms with Crippen molar-refractivity contribution in [2.24, 2.45) is 5.73 Å². The number of hydrogen-bond donors (Lipinski definition) is 4. The predicted molar refractivity (Wildman–Crippen MR) is 67.2 cm³/mol. The van der Waals surface area contributed by atoms with Gasteiger partial charge in [-0.3, -0.25) is 0 Å². The molecule has 0 fully saturated rings. The van der Waals surface area contributed by atoms with Crippen LogP contribution < -0.4 is 15.8 Å². The van der Waals surface area contributed by atoms with Gasteiger partial charge in [0.15, 0.2) is 11.3 Å². The lowest BCUT2D eigenvalue weighted by Gasteiger charge is -2.10. The highest BCUT2D eigenvalue weighted by molar-refractivity contribution is 7.80. The third kappa shape index (κ3) is 5.78. The minimum Gasteiger partial charge on any atom is -0.474 e. The molecule has 0 saturated carbocycles. The largest absolute Gasteiger partial charge is 0.474 e. The normalized spacial score (nSPS) is 12.1. The van der Waals surface area contributed by atoms with Crippen molar-refractivity contribution in [3.05, 3.63) is 17.0 Å². The second kappa shape index (κ2) is 7.38. The van der Waals surface area contributed by atoms with Crippen molar-refractivity contribution in [1.82, 2.24) is 5.32 Å². The van der Waals surface area contributed by atoms with E-state index in [9.17, 15) is 9.90 Å². The zero-order valence-electron chi connectivity index (χ0n) is 8.96. The molecule has 0 aliphatic carbocycles. The molecule has 0 bridgehead atoms. The maximum absolute atomic E-state index is 10.4. The first-order valence-corrected chi connectivity index (χ1v) is 6.21. The molecule has 0 saturated heterocycles. The molecule has 0 aliphatic heterocycles. The SMILES string of the molecule is NC(=O)NC(O)COCc1ccc(OCS)s1. The van der Waals surface area contributed by atoms with Gasteiger partial charge >= 0.3 is 6.03 Å². The highest BCUT2D eigenvalue weighted by atomic mass is 32.1. The van der Waals surface area contributed by atoms with E-state index >= 15 is 0 Å². The van der Waals surface area contributed by atoms with E-state index in [-0.39, 0.29) is 6.61 Å². The van der Waals surface area contributed by atoms with E-state index in [1.807, 2.05) is 12.1 Å². The second-order valence-corrected chi connectivity index (χ2v) is 4.42. The number of thiol groups is 1. The number of thiophene rings is 1. The fraction of sp³-hybridized carbons (Fsp3) is 0.444. The van der Waals surface area contributed by atoms with Gasteiger partial charge in [-0.25, -0.2) is 4.79 Å². The summed E-state index contributed by atoms with van der Waals surface area (Å²) >= 11 is 5.37. The number of nitrogens with two attached hydrogens (primary N) is 1. The molecular weight excluding hydrogens is 264 g/mol. The molecule has 0 aliphatic rings. The van der Waals surface area contributed by atoms with Crippen molar-refractivity contribution in [3.63, 3.8) is 0 Å². The average Bonchev–Trinajstić information content (AvgIpc) is 2.65. The standard InChI is InChI=1S/C9H14N2O4S2/c10-9(13)11-7(12)4-14-3-6-1-2-8(17-6)15-5-16/h1-2,7,12,16H,3-5H2,(H3,10,11,13). The van der Waals surface area contributed by atoms with Crippen LogP contribution in [0.3, 0.4) is 0 Å². The summed E-state index contributed by atoms with van der Waals surface area (Å²) < 4.78 is 10.4. The second-order valence-electron chi connectivity index (χ2n) is 3.03. The molecule has 4 N–H and O–H groups in total. The Labute approximate surface area is 108 Å². The van der Waals surface area contributed by atoms with Gasteiger partial charge in [0.2, 0.25) is 0 Å². The van der Waals surface area contributed by atoms with Gasteiger partial charge < -0.3 is 25.6 Å². The predicted octanol–water partition coefficient (Wildman–Crippen LogP) is 0.518. The summed E-state index contributed by atoms with van der Waals surface area (Å²) in [6.07, 6.45) is -1.10. The quantitative estimate of drug-likeness (QED) is 0.432. The number of ether oxygens (including phenoxy) is 2. The summed E-state index contributed by atoms with van der Waals surface area (Å²) in [4.78, 5) is 11.3. The van der Waals surface area contributed by atoms with E-state index in [0.717, 1.165) is 9.94 Å². The fourth-order valence-corrected chi connectivity index (χ4v) is 2.07. The third-order valence-corrected chi connectivity index (χ3v) is 2.77. The summed E-state index contributed by atoms with van der Waals surface area (Å²) in [6, 6.07) is 2.89. The Kier molecular flexibility index (Phi) is 6.12. The van der Waals surface area contributed by atoms with E-state index in [1.165, 1.54) is 11.3 Å². The number of rotatable bonds is 7. The molecule has 1 unspecified atom stereocenters. The molecule has 0 spiro atoms. The van der Waals surface area contributed by atoms with Gasteiger partial charge in [-0.05, 0) is 12.1 Å². The molecule has 1 aromatic rings. The molecule has 96 valence electrons. The van der Waals surface area contributed by atoms with Crippen LogP contribution in [0, 0.1) is 0 Å². The third-order valence-electron chi connectivity index (χ3n) is 1.67. The summed E-state index contributed by atoms with van der Waals surface area (Å²) in [5, 5.41) is 12.1. The van der Waals surface area contributed by atoms with Crippen molar-refractivity contribution in [2.75, 3.05) is 12.5 Å². The maximum Gasteiger partial charge on any atom is 0.314 e. The van der Waals surface area contributed by atoms with Crippen molar-refractivity contribution in [2.45, 2.75) is 12.8 Å². The Morgan fingerprint density at radius 2 is 2.41 bits per heavy atom. The molecule has 1 aromatic heterocycles. The number of carbonyl (C=O) groups excluding carboxylic acids is 1. The minimum absolute atomic E-state index is 0.0242. The molecular formula is C9H14N2O4S2. The molecule has 2 amide bonds. The first kappa shape index (κ1) is 14.1. The van der Waals surface area contributed by atoms with Gasteiger partial charge in [0.05, 0.1) is 13.2 Å². The van der Waals surface area contributed by atoms with E-state index in [1.54, 1.807) is 0 Å². The number of amides is 2. The molecule has 0 radical (unpaired) electrons. The van der Waals surface area contributed by atoms with Crippen molar-refractivity contribution >= 4 is 30.0 Å². The summed E-state index contributed by atoms with van der Waals surface area (Å²) in [7, 11) is 0. The lowest BCUT2D eigenvalue weighted by atomic mass is 10.5. The highest BCUT2D eigenvalue weighted by Gasteiger charge is 2.06. The number of urea groups is 1. The van der Waals surface area contributed by atoms with Crippen LogP contribution >= 0.6 is 24.0 Å². The molecule has 1 heterocycles. The van der Waals surface area contributed by atoms with Crippen LogP contribution in [0.5, 0.6) is 5.06 Å². The molecule has 1 rings (SSSR count). The van der Waals surface area contributed by atoms with E-state index < -0.39 is 12.3 Å². The number of aliphatic hydroxyl groups is 1. The Morgan fingerprint density at radius 1 is 1.65 bits per heavy atom. The van der Waals surface area contributed by atoms with Crippen LogP contribution in [0.25, 0.3) is 0 Å². The van der Waals surface area contributed by atoms with Crippen molar-refractivity contribution < 1.29 is 19.4 Å². The van der Waals surface area contributed by atoms with Gasteiger partial charge in [-0.2, -0.15) is 0 Å². The smallest absolute Gasteiger partial charge is 0.314 e. The average molecular weight is 278 g/mol. The number of nitrogens with one attached hydrogen (secondary N) is 1. The number of hydrogen-bond acceptors (Lipinski definition) is 6. The fourth-order valence-electron chi connectivity index (χ4n) is 1.05. The minimum atomic E-state index is -1.10. The van der Waals surface area contributed by atoms with Gasteiger partial charge in [0.1, 0.15) is 5.94 Å². The number of aliphatic hydroxyl groups excluding tert-OH is 1. The van der Waals surface area contributed by atoms with Gasteiger partial charge in [-0.1, -0.05) is 0 Å². The van der Waals surface area contributed by atoms with Crippen LogP contribution in [-0.2, 0) is 11.3 Å². The Morgan fingerprint density at radius 3 is 3.06 bits per heavy atom. The summed E-state index contributed by atoms with van der Waals surface area (Å²) in [5.74, 6) is 0.321. The van der Waals surface area contributed by atoms with Crippen molar-refractivity contribution in [1.29, 1.82) is 0 Å². The van der Waals surface area contributed by atoms with Gasteiger partial charge in [-0.15, -0.1) is 24.0 Å². The van der Waals surface area contributed by atoms with Crippen LogP contribution in [0.2, 0.25) is 0 Å². The lowest BCUT2D eigenvalue weighted by Crippen LogP contribution is -2.41. The topological polar surface area (TPSA) is 93.8 Å². The summed E-state index contributed by atoms with van der Waals surface area (Å²) in [5.41, 5.74) is 4.83. The first-order chi connectivity index (χ1) is 8.11. The molecule has 1 atom stereocenters. The van der Waals surface area contributed by atoms with Crippen LogP contribution in [0.4, 0.5) is 4.79 Å². The molecule has 0 aromatic carbocycles. The monoisotopic (exact) mass is 278 g/mol. The summed E-state index contributed by atoms with van der Waals surface area (Å²) in [6.45, 7) is 0.307. The van der Waals surface area contributed by atoms with Gasteiger partial charge in [0.25, 0.3) is 0 Å². The zero-order chi connectivity index (χ0) is 12.7. The lowest BCUT2D eigenvalue weighted by molar-refractivity contribution is 0.0188. The van der Waals surface area contributed by atoms with E-state index in [4.69, 9.17) is 15.2 Å². The van der Waals surface area contributed by atoms with Crippen LogP contribution in [0.1, 0.15) is 4.88 Å². The Hall–Kier alpha value is -0.960.